The Morgan fingerprint density at radius 3 is 2.72 bits per heavy atom. The molecule has 0 aliphatic carbocycles. The molecule has 1 aromatic heterocycles. The summed E-state index contributed by atoms with van der Waals surface area (Å²) in [4.78, 5) is 19.5. The van der Waals surface area contributed by atoms with Gasteiger partial charge >= 0.3 is 0 Å². The zero-order valence-corrected chi connectivity index (χ0v) is 19.9. The SMILES string of the molecule is CC(CCc1ccccc1)NC(=O)C1CCN(Cc2nc(-c3cccc(Br)c3)no2)CC1. The van der Waals surface area contributed by atoms with Crippen LogP contribution in [-0.2, 0) is 17.8 Å². The average Bonchev–Trinajstić information content (AvgIpc) is 3.27. The number of hydrogen-bond donors (Lipinski definition) is 1. The molecular weight excluding hydrogens is 468 g/mol. The lowest BCUT2D eigenvalue weighted by Crippen LogP contribution is -2.43. The third-order valence-corrected chi connectivity index (χ3v) is 6.46. The van der Waals surface area contributed by atoms with Gasteiger partial charge in [0.1, 0.15) is 0 Å². The van der Waals surface area contributed by atoms with Crippen molar-refractivity contribution in [2.75, 3.05) is 13.1 Å². The Morgan fingerprint density at radius 2 is 1.97 bits per heavy atom. The molecule has 1 atom stereocenters. The van der Waals surface area contributed by atoms with Crippen LogP contribution in [0.5, 0.6) is 0 Å². The van der Waals surface area contributed by atoms with Crippen molar-refractivity contribution in [3.8, 4) is 11.4 Å². The molecule has 0 bridgehead atoms. The van der Waals surface area contributed by atoms with E-state index in [0.717, 1.165) is 48.8 Å². The van der Waals surface area contributed by atoms with Gasteiger partial charge in [0.25, 0.3) is 0 Å². The van der Waals surface area contributed by atoms with E-state index < -0.39 is 0 Å². The first-order valence-electron chi connectivity index (χ1n) is 11.2. The molecule has 7 heteroatoms. The van der Waals surface area contributed by atoms with E-state index in [1.165, 1.54) is 5.56 Å². The van der Waals surface area contributed by atoms with Gasteiger partial charge in [0.15, 0.2) is 0 Å². The normalized spacial score (nSPS) is 16.1. The number of halogens is 1. The van der Waals surface area contributed by atoms with E-state index in [-0.39, 0.29) is 17.9 Å². The molecule has 0 saturated carbocycles. The van der Waals surface area contributed by atoms with Crippen LogP contribution >= 0.6 is 15.9 Å². The predicted molar refractivity (Wildman–Crippen MR) is 128 cm³/mol. The van der Waals surface area contributed by atoms with Crippen molar-refractivity contribution in [3.63, 3.8) is 0 Å². The lowest BCUT2D eigenvalue weighted by atomic mass is 9.95. The molecule has 1 fully saturated rings. The highest BCUT2D eigenvalue weighted by atomic mass is 79.9. The number of hydrogen-bond acceptors (Lipinski definition) is 5. The molecule has 1 aliphatic heterocycles. The molecule has 6 nitrogen and oxygen atoms in total. The first-order chi connectivity index (χ1) is 15.6. The van der Waals surface area contributed by atoms with E-state index in [9.17, 15) is 4.79 Å². The number of likely N-dealkylation sites (tertiary alicyclic amines) is 1. The Balaban J connectivity index is 1.20. The van der Waals surface area contributed by atoms with Crippen molar-refractivity contribution < 1.29 is 9.32 Å². The Morgan fingerprint density at radius 1 is 1.19 bits per heavy atom. The average molecular weight is 497 g/mol. The fourth-order valence-corrected chi connectivity index (χ4v) is 4.47. The largest absolute Gasteiger partial charge is 0.353 e. The summed E-state index contributed by atoms with van der Waals surface area (Å²) < 4.78 is 6.44. The molecule has 32 heavy (non-hydrogen) atoms. The second-order valence-electron chi connectivity index (χ2n) is 8.51. The number of piperidine rings is 1. The van der Waals surface area contributed by atoms with Crippen LogP contribution in [0.1, 0.15) is 37.6 Å². The molecule has 1 aliphatic rings. The summed E-state index contributed by atoms with van der Waals surface area (Å²) in [6.45, 7) is 4.41. The highest BCUT2D eigenvalue weighted by Crippen LogP contribution is 2.22. The molecule has 1 unspecified atom stereocenters. The topological polar surface area (TPSA) is 71.3 Å². The Bertz CT molecular complexity index is 1020. The van der Waals surface area contributed by atoms with E-state index in [4.69, 9.17) is 4.52 Å². The monoisotopic (exact) mass is 496 g/mol. The number of rotatable bonds is 8. The molecule has 3 aromatic rings. The third-order valence-electron chi connectivity index (χ3n) is 5.97. The molecule has 1 N–H and O–H groups in total. The van der Waals surface area contributed by atoms with Gasteiger partial charge in [-0.3, -0.25) is 9.69 Å². The second kappa shape index (κ2) is 10.9. The van der Waals surface area contributed by atoms with Crippen molar-refractivity contribution in [3.05, 3.63) is 70.5 Å². The van der Waals surface area contributed by atoms with Gasteiger partial charge in [-0.25, -0.2) is 0 Å². The Labute approximate surface area is 197 Å². The minimum Gasteiger partial charge on any atom is -0.353 e. The zero-order chi connectivity index (χ0) is 22.3. The molecule has 4 rings (SSSR count). The molecule has 2 heterocycles. The maximum Gasteiger partial charge on any atom is 0.241 e. The van der Waals surface area contributed by atoms with Crippen LogP contribution in [0.15, 0.2) is 63.6 Å². The first kappa shape index (κ1) is 22.7. The molecule has 168 valence electrons. The summed E-state index contributed by atoms with van der Waals surface area (Å²) >= 11 is 3.47. The predicted octanol–water partition coefficient (Wildman–Crippen LogP) is 4.85. The smallest absolute Gasteiger partial charge is 0.241 e. The van der Waals surface area contributed by atoms with Crippen LogP contribution in [-0.4, -0.2) is 40.1 Å². The molecule has 2 aromatic carbocycles. The van der Waals surface area contributed by atoms with Gasteiger partial charge in [-0.15, -0.1) is 0 Å². The van der Waals surface area contributed by atoms with Crippen molar-refractivity contribution >= 4 is 21.8 Å². The minimum absolute atomic E-state index is 0.0744. The molecule has 1 saturated heterocycles. The minimum atomic E-state index is 0.0744. The number of aryl methyl sites for hydroxylation is 1. The summed E-state index contributed by atoms with van der Waals surface area (Å²) in [5.41, 5.74) is 2.23. The summed E-state index contributed by atoms with van der Waals surface area (Å²) in [5.74, 6) is 1.46. The number of aromatic nitrogens is 2. The van der Waals surface area contributed by atoms with Gasteiger partial charge in [0.05, 0.1) is 6.54 Å². The highest BCUT2D eigenvalue weighted by molar-refractivity contribution is 9.10. The van der Waals surface area contributed by atoms with Gasteiger partial charge in [0.2, 0.25) is 17.6 Å². The van der Waals surface area contributed by atoms with Gasteiger partial charge in [-0.05, 0) is 63.4 Å². The van der Waals surface area contributed by atoms with Gasteiger partial charge < -0.3 is 9.84 Å². The van der Waals surface area contributed by atoms with E-state index in [1.54, 1.807) is 0 Å². The van der Waals surface area contributed by atoms with Gasteiger partial charge in [0, 0.05) is 22.0 Å². The standard InChI is InChI=1S/C25H29BrN4O2/c1-18(10-11-19-6-3-2-4-7-19)27-25(31)20-12-14-30(15-13-20)17-23-28-24(29-32-23)21-8-5-9-22(26)16-21/h2-9,16,18,20H,10-15,17H2,1H3,(H,27,31). The number of nitrogens with one attached hydrogen (secondary N) is 1. The van der Waals surface area contributed by atoms with Crippen molar-refractivity contribution in [1.29, 1.82) is 0 Å². The number of carbonyl (C=O) groups excluding carboxylic acids is 1. The Hall–Kier alpha value is -2.51. The van der Waals surface area contributed by atoms with Crippen LogP contribution in [0.4, 0.5) is 0 Å². The third kappa shape index (κ3) is 6.26. The van der Waals surface area contributed by atoms with Crippen molar-refractivity contribution in [1.82, 2.24) is 20.4 Å². The van der Waals surface area contributed by atoms with E-state index >= 15 is 0 Å². The lowest BCUT2D eigenvalue weighted by molar-refractivity contribution is -0.127. The molecule has 0 radical (unpaired) electrons. The van der Waals surface area contributed by atoms with E-state index in [1.807, 2.05) is 30.3 Å². The molecule has 1 amide bonds. The summed E-state index contributed by atoms with van der Waals surface area (Å²) in [7, 11) is 0. The second-order valence-corrected chi connectivity index (χ2v) is 9.42. The lowest BCUT2D eigenvalue weighted by Gasteiger charge is -2.30. The van der Waals surface area contributed by atoms with Crippen LogP contribution < -0.4 is 5.32 Å². The van der Waals surface area contributed by atoms with Crippen molar-refractivity contribution in [2.45, 2.75) is 45.2 Å². The van der Waals surface area contributed by atoms with Gasteiger partial charge in [-0.2, -0.15) is 4.98 Å². The first-order valence-corrected chi connectivity index (χ1v) is 12.0. The summed E-state index contributed by atoms with van der Waals surface area (Å²) in [6.07, 6.45) is 3.63. The number of carbonyl (C=O) groups is 1. The van der Waals surface area contributed by atoms with Crippen LogP contribution in [0.2, 0.25) is 0 Å². The van der Waals surface area contributed by atoms with E-state index in [2.05, 4.69) is 67.5 Å². The van der Waals surface area contributed by atoms with Gasteiger partial charge in [-0.1, -0.05) is 63.6 Å². The van der Waals surface area contributed by atoms with Crippen LogP contribution in [0.25, 0.3) is 11.4 Å². The Kier molecular flexibility index (Phi) is 7.71. The fraction of sp³-hybridized carbons (Fsp3) is 0.400. The van der Waals surface area contributed by atoms with Crippen LogP contribution in [0.3, 0.4) is 0 Å². The number of amides is 1. The van der Waals surface area contributed by atoms with E-state index in [0.29, 0.717) is 18.3 Å². The summed E-state index contributed by atoms with van der Waals surface area (Å²) in [5, 5.41) is 7.32. The fourth-order valence-electron chi connectivity index (χ4n) is 4.07. The zero-order valence-electron chi connectivity index (χ0n) is 18.3. The maximum atomic E-state index is 12.7. The number of nitrogens with zero attached hydrogens (tertiary/aromatic N) is 3. The molecular formula is C25H29BrN4O2. The quantitative estimate of drug-likeness (QED) is 0.482. The molecule has 0 spiro atoms. The van der Waals surface area contributed by atoms with Crippen molar-refractivity contribution in [2.24, 2.45) is 5.92 Å². The maximum absolute atomic E-state index is 12.7. The number of benzene rings is 2. The summed E-state index contributed by atoms with van der Waals surface area (Å²) in [6, 6.07) is 18.4. The highest BCUT2D eigenvalue weighted by Gasteiger charge is 2.26. The van der Waals surface area contributed by atoms with Crippen LogP contribution in [0, 0.1) is 5.92 Å².